The van der Waals surface area contributed by atoms with Crippen LogP contribution in [0.4, 0.5) is 0 Å². The number of phenolic OH excluding ortho intramolecular Hbond substituents is 1. The number of carbonyl (C=O) groups excluding carboxylic acids is 2. The number of nitrogens with one attached hydrogen (secondary N) is 1. The molecule has 0 aromatic heterocycles. The molecule has 1 aromatic carbocycles. The second-order valence-electron chi connectivity index (χ2n) is 5.42. The topological polar surface area (TPSA) is 75.6 Å². The third-order valence-electron chi connectivity index (χ3n) is 3.99. The van der Waals surface area contributed by atoms with Gasteiger partial charge in [0.25, 0.3) is 5.91 Å². The highest BCUT2D eigenvalue weighted by molar-refractivity contribution is 5.96. The first kappa shape index (κ1) is 15.4. The molecule has 0 radical (unpaired) electrons. The highest BCUT2D eigenvalue weighted by Gasteiger charge is 2.31. The summed E-state index contributed by atoms with van der Waals surface area (Å²) in [5.74, 6) is -0.486. The Morgan fingerprint density at radius 2 is 1.81 bits per heavy atom. The van der Waals surface area contributed by atoms with Gasteiger partial charge < -0.3 is 15.2 Å². The molecule has 1 amide bonds. The molecule has 5 heteroatoms. The molecule has 1 aliphatic carbocycles. The van der Waals surface area contributed by atoms with Crippen LogP contribution in [0.1, 0.15) is 42.5 Å². The van der Waals surface area contributed by atoms with Crippen molar-refractivity contribution in [2.45, 2.75) is 38.1 Å². The molecule has 1 saturated carbocycles. The molecule has 0 saturated heterocycles. The number of methoxy groups -OCH3 is 1. The number of esters is 1. The molecule has 0 aliphatic heterocycles. The van der Waals surface area contributed by atoms with Crippen molar-refractivity contribution >= 4 is 11.9 Å². The predicted octanol–water partition coefficient (Wildman–Crippen LogP) is 2.24. The van der Waals surface area contributed by atoms with Crippen molar-refractivity contribution in [2.24, 2.45) is 5.92 Å². The molecule has 1 atom stereocenters. The van der Waals surface area contributed by atoms with Crippen molar-refractivity contribution in [2.75, 3.05) is 7.11 Å². The van der Waals surface area contributed by atoms with Gasteiger partial charge in [-0.15, -0.1) is 0 Å². The van der Waals surface area contributed by atoms with Crippen molar-refractivity contribution in [1.29, 1.82) is 0 Å². The smallest absolute Gasteiger partial charge is 0.328 e. The maximum absolute atomic E-state index is 12.2. The van der Waals surface area contributed by atoms with Crippen LogP contribution >= 0.6 is 0 Å². The van der Waals surface area contributed by atoms with E-state index in [2.05, 4.69) is 5.32 Å². The van der Waals surface area contributed by atoms with Gasteiger partial charge in [0.15, 0.2) is 0 Å². The summed E-state index contributed by atoms with van der Waals surface area (Å²) in [5.41, 5.74) is 0.414. The van der Waals surface area contributed by atoms with Gasteiger partial charge in [0.2, 0.25) is 0 Å². The van der Waals surface area contributed by atoms with Crippen LogP contribution in [0.3, 0.4) is 0 Å². The largest absolute Gasteiger partial charge is 0.508 e. The molecule has 0 unspecified atom stereocenters. The average Bonchev–Trinajstić information content (AvgIpc) is 2.53. The minimum Gasteiger partial charge on any atom is -0.508 e. The molecule has 1 aliphatic rings. The van der Waals surface area contributed by atoms with E-state index in [9.17, 15) is 14.7 Å². The van der Waals surface area contributed by atoms with Crippen LogP contribution in [0.2, 0.25) is 0 Å². The van der Waals surface area contributed by atoms with Gasteiger partial charge in [0.05, 0.1) is 7.11 Å². The molecule has 2 rings (SSSR count). The summed E-state index contributed by atoms with van der Waals surface area (Å²) in [6, 6.07) is 5.35. The number of hydrogen-bond acceptors (Lipinski definition) is 4. The molecule has 1 aromatic rings. The van der Waals surface area contributed by atoms with Gasteiger partial charge in [-0.2, -0.15) is 0 Å². The van der Waals surface area contributed by atoms with E-state index >= 15 is 0 Å². The summed E-state index contributed by atoms with van der Waals surface area (Å²) < 4.78 is 4.83. The minimum atomic E-state index is -0.600. The Morgan fingerprint density at radius 3 is 2.38 bits per heavy atom. The Labute approximate surface area is 124 Å². The molecule has 0 bridgehead atoms. The zero-order valence-corrected chi connectivity index (χ0v) is 12.2. The van der Waals surface area contributed by atoms with Gasteiger partial charge in [0, 0.05) is 5.56 Å². The first-order chi connectivity index (χ1) is 10.1. The fourth-order valence-electron chi connectivity index (χ4n) is 2.80. The number of phenols is 1. The number of carbonyl (C=O) groups is 2. The summed E-state index contributed by atoms with van der Waals surface area (Å²) in [4.78, 5) is 24.2. The van der Waals surface area contributed by atoms with Gasteiger partial charge in [0.1, 0.15) is 11.8 Å². The lowest BCUT2D eigenvalue weighted by atomic mass is 9.83. The van der Waals surface area contributed by atoms with Gasteiger partial charge in [-0.05, 0) is 43.0 Å². The SMILES string of the molecule is COC(=O)[C@H](NC(=O)c1ccc(O)cc1)C1CCCCC1. The van der Waals surface area contributed by atoms with E-state index in [-0.39, 0.29) is 17.6 Å². The highest BCUT2D eigenvalue weighted by atomic mass is 16.5. The minimum absolute atomic E-state index is 0.100. The maximum atomic E-state index is 12.2. The predicted molar refractivity (Wildman–Crippen MR) is 78.0 cm³/mol. The first-order valence-corrected chi connectivity index (χ1v) is 7.29. The number of amides is 1. The van der Waals surface area contributed by atoms with Crippen LogP contribution in [0, 0.1) is 5.92 Å². The number of ether oxygens (including phenoxy) is 1. The standard InChI is InChI=1S/C16H21NO4/c1-21-16(20)14(11-5-3-2-4-6-11)17-15(19)12-7-9-13(18)10-8-12/h7-11,14,18H,2-6H2,1H3,(H,17,19)/t14-/m1/s1. The Kier molecular flexibility index (Phi) is 5.20. The Bertz CT molecular complexity index is 492. The number of rotatable bonds is 4. The van der Waals surface area contributed by atoms with E-state index in [4.69, 9.17) is 4.74 Å². The normalized spacial score (nSPS) is 17.0. The lowest BCUT2D eigenvalue weighted by Crippen LogP contribution is -2.47. The van der Waals surface area contributed by atoms with Crippen LogP contribution in [0.25, 0.3) is 0 Å². The second kappa shape index (κ2) is 7.11. The molecular formula is C16H21NO4. The lowest BCUT2D eigenvalue weighted by Gasteiger charge is -2.29. The van der Waals surface area contributed by atoms with Crippen LogP contribution in [-0.2, 0) is 9.53 Å². The van der Waals surface area contributed by atoms with Gasteiger partial charge in [-0.25, -0.2) is 4.79 Å². The molecule has 0 heterocycles. The van der Waals surface area contributed by atoms with Crippen LogP contribution in [0.15, 0.2) is 24.3 Å². The summed E-state index contributed by atoms with van der Waals surface area (Å²) in [6.07, 6.45) is 5.18. The fraction of sp³-hybridized carbons (Fsp3) is 0.500. The fourth-order valence-corrected chi connectivity index (χ4v) is 2.80. The van der Waals surface area contributed by atoms with E-state index < -0.39 is 12.0 Å². The van der Waals surface area contributed by atoms with E-state index in [1.54, 1.807) is 0 Å². The summed E-state index contributed by atoms with van der Waals surface area (Å²) in [5, 5.41) is 12.0. The third-order valence-corrected chi connectivity index (χ3v) is 3.99. The van der Waals surface area contributed by atoms with Gasteiger partial charge in [-0.1, -0.05) is 19.3 Å². The van der Waals surface area contributed by atoms with E-state index in [1.165, 1.54) is 37.8 Å². The van der Waals surface area contributed by atoms with Crippen molar-refractivity contribution in [3.05, 3.63) is 29.8 Å². The van der Waals surface area contributed by atoms with Crippen LogP contribution in [-0.4, -0.2) is 30.1 Å². The average molecular weight is 291 g/mol. The van der Waals surface area contributed by atoms with Gasteiger partial charge >= 0.3 is 5.97 Å². The van der Waals surface area contributed by atoms with Gasteiger partial charge in [-0.3, -0.25) is 4.79 Å². The quantitative estimate of drug-likeness (QED) is 0.834. The number of benzene rings is 1. The van der Waals surface area contributed by atoms with Crippen molar-refractivity contribution < 1.29 is 19.4 Å². The Balaban J connectivity index is 2.08. The summed E-state index contributed by atoms with van der Waals surface area (Å²) in [7, 11) is 1.34. The Hall–Kier alpha value is -2.04. The Morgan fingerprint density at radius 1 is 1.19 bits per heavy atom. The molecule has 0 spiro atoms. The van der Waals surface area contributed by atoms with Crippen molar-refractivity contribution in [3.63, 3.8) is 0 Å². The monoisotopic (exact) mass is 291 g/mol. The molecule has 21 heavy (non-hydrogen) atoms. The lowest BCUT2D eigenvalue weighted by molar-refractivity contribution is -0.144. The van der Waals surface area contributed by atoms with Crippen LogP contribution < -0.4 is 5.32 Å². The van der Waals surface area contributed by atoms with Crippen molar-refractivity contribution in [3.8, 4) is 5.75 Å². The summed E-state index contributed by atoms with van der Waals surface area (Å²) >= 11 is 0. The van der Waals surface area contributed by atoms with E-state index in [0.29, 0.717) is 5.56 Å². The zero-order chi connectivity index (χ0) is 15.2. The highest BCUT2D eigenvalue weighted by Crippen LogP contribution is 2.27. The molecule has 2 N–H and O–H groups in total. The molecule has 114 valence electrons. The molecular weight excluding hydrogens is 270 g/mol. The van der Waals surface area contributed by atoms with E-state index in [0.717, 1.165) is 25.7 Å². The molecule has 1 fully saturated rings. The number of aromatic hydroxyl groups is 1. The van der Waals surface area contributed by atoms with Crippen molar-refractivity contribution in [1.82, 2.24) is 5.32 Å². The molecule has 5 nitrogen and oxygen atoms in total. The van der Waals surface area contributed by atoms with Crippen LogP contribution in [0.5, 0.6) is 5.75 Å². The zero-order valence-electron chi connectivity index (χ0n) is 12.2. The van der Waals surface area contributed by atoms with E-state index in [1.807, 2.05) is 0 Å². The number of hydrogen-bond donors (Lipinski definition) is 2. The third kappa shape index (κ3) is 3.97. The summed E-state index contributed by atoms with van der Waals surface area (Å²) in [6.45, 7) is 0. The maximum Gasteiger partial charge on any atom is 0.328 e. The second-order valence-corrected chi connectivity index (χ2v) is 5.42. The first-order valence-electron chi connectivity index (χ1n) is 7.29.